The summed E-state index contributed by atoms with van der Waals surface area (Å²) in [6.45, 7) is 0. The summed E-state index contributed by atoms with van der Waals surface area (Å²) in [4.78, 5) is 12.2. The van der Waals surface area contributed by atoms with Gasteiger partial charge in [-0.05, 0) is 36.2 Å². The van der Waals surface area contributed by atoms with Gasteiger partial charge in [0, 0.05) is 18.2 Å². The van der Waals surface area contributed by atoms with Crippen LogP contribution in [0.15, 0.2) is 36.4 Å². The standard InChI is InChI=1S/C19H23NO5/c1-22-15-7-5-6-14(12-15)20-18(21)9-8-13-10-16(23-2)19(25-4)17(11-13)24-3/h5-7,10-12H,8-9H2,1-4H3,(H,20,21). The molecule has 0 aliphatic heterocycles. The predicted molar refractivity (Wildman–Crippen MR) is 96.0 cm³/mol. The Morgan fingerprint density at radius 1 is 0.920 bits per heavy atom. The fourth-order valence-corrected chi connectivity index (χ4v) is 2.46. The number of hydrogen-bond acceptors (Lipinski definition) is 5. The molecule has 0 spiro atoms. The monoisotopic (exact) mass is 345 g/mol. The molecule has 2 aromatic rings. The van der Waals surface area contributed by atoms with E-state index in [1.54, 1.807) is 34.5 Å². The lowest BCUT2D eigenvalue weighted by atomic mass is 10.1. The summed E-state index contributed by atoms with van der Waals surface area (Å²) in [5, 5.41) is 2.86. The fraction of sp³-hybridized carbons (Fsp3) is 0.316. The molecule has 0 fully saturated rings. The molecule has 0 aliphatic carbocycles. The molecule has 0 aliphatic rings. The Kier molecular flexibility index (Phi) is 6.51. The molecule has 0 unspecified atom stereocenters. The van der Waals surface area contributed by atoms with Crippen molar-refractivity contribution in [3.8, 4) is 23.0 Å². The van der Waals surface area contributed by atoms with Gasteiger partial charge < -0.3 is 24.3 Å². The van der Waals surface area contributed by atoms with Gasteiger partial charge in [-0.1, -0.05) is 6.07 Å². The highest BCUT2D eigenvalue weighted by molar-refractivity contribution is 5.91. The number of amides is 1. The third-order valence-corrected chi connectivity index (χ3v) is 3.72. The quantitative estimate of drug-likeness (QED) is 0.795. The van der Waals surface area contributed by atoms with Gasteiger partial charge in [-0.2, -0.15) is 0 Å². The van der Waals surface area contributed by atoms with Gasteiger partial charge >= 0.3 is 0 Å². The third kappa shape index (κ3) is 4.79. The Morgan fingerprint density at radius 2 is 1.60 bits per heavy atom. The summed E-state index contributed by atoms with van der Waals surface area (Å²) in [6, 6.07) is 10.9. The molecule has 0 aromatic heterocycles. The van der Waals surface area contributed by atoms with E-state index >= 15 is 0 Å². The van der Waals surface area contributed by atoms with E-state index in [0.29, 0.717) is 41.5 Å². The molecule has 134 valence electrons. The van der Waals surface area contributed by atoms with Gasteiger partial charge in [-0.3, -0.25) is 4.79 Å². The molecule has 0 heterocycles. The van der Waals surface area contributed by atoms with Crippen molar-refractivity contribution < 1.29 is 23.7 Å². The summed E-state index contributed by atoms with van der Waals surface area (Å²) in [7, 11) is 6.28. The molecule has 1 amide bonds. The van der Waals surface area contributed by atoms with E-state index in [2.05, 4.69) is 5.32 Å². The SMILES string of the molecule is COc1cccc(NC(=O)CCc2cc(OC)c(OC)c(OC)c2)c1. The zero-order valence-corrected chi connectivity index (χ0v) is 14.9. The van der Waals surface area contributed by atoms with E-state index < -0.39 is 0 Å². The van der Waals surface area contributed by atoms with Crippen LogP contribution in [-0.4, -0.2) is 34.3 Å². The van der Waals surface area contributed by atoms with E-state index in [9.17, 15) is 4.79 Å². The van der Waals surface area contributed by atoms with Crippen LogP contribution in [0.2, 0.25) is 0 Å². The van der Waals surface area contributed by atoms with Crippen molar-refractivity contribution in [2.75, 3.05) is 33.8 Å². The number of rotatable bonds is 8. The molecule has 0 atom stereocenters. The Hall–Kier alpha value is -2.89. The Balaban J connectivity index is 2.03. The minimum Gasteiger partial charge on any atom is -0.497 e. The molecule has 6 nitrogen and oxygen atoms in total. The molecule has 1 N–H and O–H groups in total. The van der Waals surface area contributed by atoms with Crippen molar-refractivity contribution in [3.63, 3.8) is 0 Å². The maximum Gasteiger partial charge on any atom is 0.224 e. The number of aryl methyl sites for hydroxylation is 1. The molecule has 6 heteroatoms. The van der Waals surface area contributed by atoms with Gasteiger partial charge in [0.15, 0.2) is 11.5 Å². The highest BCUT2D eigenvalue weighted by atomic mass is 16.5. The second kappa shape index (κ2) is 8.82. The number of hydrogen-bond donors (Lipinski definition) is 1. The van der Waals surface area contributed by atoms with Gasteiger partial charge in [-0.15, -0.1) is 0 Å². The zero-order valence-electron chi connectivity index (χ0n) is 14.9. The highest BCUT2D eigenvalue weighted by Crippen LogP contribution is 2.38. The largest absolute Gasteiger partial charge is 0.497 e. The van der Waals surface area contributed by atoms with Gasteiger partial charge in [0.1, 0.15) is 5.75 Å². The van der Waals surface area contributed by atoms with Crippen molar-refractivity contribution in [2.45, 2.75) is 12.8 Å². The first-order valence-corrected chi connectivity index (χ1v) is 7.84. The predicted octanol–water partition coefficient (Wildman–Crippen LogP) is 3.29. The van der Waals surface area contributed by atoms with Crippen LogP contribution in [-0.2, 0) is 11.2 Å². The number of benzene rings is 2. The van der Waals surface area contributed by atoms with Crippen molar-refractivity contribution in [3.05, 3.63) is 42.0 Å². The number of carbonyl (C=O) groups is 1. The molecular formula is C19H23NO5. The first kappa shape index (κ1) is 18.4. The van der Waals surface area contributed by atoms with E-state index in [1.165, 1.54) is 0 Å². The molecular weight excluding hydrogens is 322 g/mol. The van der Waals surface area contributed by atoms with E-state index in [-0.39, 0.29) is 5.91 Å². The number of carbonyl (C=O) groups excluding carboxylic acids is 1. The van der Waals surface area contributed by atoms with Crippen LogP contribution in [0.1, 0.15) is 12.0 Å². The van der Waals surface area contributed by atoms with Crippen LogP contribution >= 0.6 is 0 Å². The molecule has 25 heavy (non-hydrogen) atoms. The summed E-state index contributed by atoms with van der Waals surface area (Å²) in [5.74, 6) is 2.30. The number of nitrogens with one attached hydrogen (secondary N) is 1. The Bertz CT molecular complexity index is 704. The maximum absolute atomic E-state index is 12.2. The Morgan fingerprint density at radius 3 is 2.16 bits per heavy atom. The summed E-state index contributed by atoms with van der Waals surface area (Å²) in [6.07, 6.45) is 0.877. The van der Waals surface area contributed by atoms with Crippen molar-refractivity contribution in [1.29, 1.82) is 0 Å². The van der Waals surface area contributed by atoms with Crippen molar-refractivity contribution in [1.82, 2.24) is 0 Å². The molecule has 2 rings (SSSR count). The fourth-order valence-electron chi connectivity index (χ4n) is 2.46. The lowest BCUT2D eigenvalue weighted by Gasteiger charge is -2.14. The average Bonchev–Trinajstić information content (AvgIpc) is 2.65. The normalized spacial score (nSPS) is 10.1. The number of anilines is 1. The van der Waals surface area contributed by atoms with Gasteiger partial charge in [-0.25, -0.2) is 0 Å². The molecule has 2 aromatic carbocycles. The average molecular weight is 345 g/mol. The van der Waals surface area contributed by atoms with Crippen LogP contribution in [0.25, 0.3) is 0 Å². The molecule has 0 bridgehead atoms. The molecule has 0 saturated heterocycles. The van der Waals surface area contributed by atoms with Crippen molar-refractivity contribution in [2.24, 2.45) is 0 Å². The number of methoxy groups -OCH3 is 4. The van der Waals surface area contributed by atoms with Crippen LogP contribution in [0.5, 0.6) is 23.0 Å². The van der Waals surface area contributed by atoms with Gasteiger partial charge in [0.05, 0.1) is 28.4 Å². The lowest BCUT2D eigenvalue weighted by Crippen LogP contribution is -2.12. The minimum absolute atomic E-state index is 0.0815. The summed E-state index contributed by atoms with van der Waals surface area (Å²) in [5.41, 5.74) is 1.63. The summed E-state index contributed by atoms with van der Waals surface area (Å²) < 4.78 is 21.1. The second-order valence-electron chi connectivity index (χ2n) is 5.31. The van der Waals surface area contributed by atoms with Crippen molar-refractivity contribution >= 4 is 11.6 Å². The van der Waals surface area contributed by atoms with Crippen LogP contribution in [0.4, 0.5) is 5.69 Å². The summed E-state index contributed by atoms with van der Waals surface area (Å²) >= 11 is 0. The highest BCUT2D eigenvalue weighted by Gasteiger charge is 2.14. The van der Waals surface area contributed by atoms with Crippen LogP contribution in [0, 0.1) is 0 Å². The van der Waals surface area contributed by atoms with Gasteiger partial charge in [0.25, 0.3) is 0 Å². The topological polar surface area (TPSA) is 66.0 Å². The first-order chi connectivity index (χ1) is 12.1. The first-order valence-electron chi connectivity index (χ1n) is 7.84. The lowest BCUT2D eigenvalue weighted by molar-refractivity contribution is -0.116. The smallest absolute Gasteiger partial charge is 0.224 e. The maximum atomic E-state index is 12.2. The Labute approximate surface area is 147 Å². The van der Waals surface area contributed by atoms with E-state index in [0.717, 1.165) is 5.56 Å². The second-order valence-corrected chi connectivity index (χ2v) is 5.31. The van der Waals surface area contributed by atoms with E-state index in [4.69, 9.17) is 18.9 Å². The van der Waals surface area contributed by atoms with E-state index in [1.807, 2.05) is 30.3 Å². The minimum atomic E-state index is -0.0815. The number of ether oxygens (including phenoxy) is 4. The van der Waals surface area contributed by atoms with Crippen LogP contribution < -0.4 is 24.3 Å². The van der Waals surface area contributed by atoms with Crippen LogP contribution in [0.3, 0.4) is 0 Å². The third-order valence-electron chi connectivity index (χ3n) is 3.72. The zero-order chi connectivity index (χ0) is 18.2. The van der Waals surface area contributed by atoms with Gasteiger partial charge in [0.2, 0.25) is 11.7 Å². The molecule has 0 saturated carbocycles. The molecule has 0 radical (unpaired) electrons.